The van der Waals surface area contributed by atoms with Crippen molar-refractivity contribution in [1.29, 1.82) is 0 Å². The van der Waals surface area contributed by atoms with Gasteiger partial charge in [-0.2, -0.15) is 0 Å². The lowest BCUT2D eigenvalue weighted by molar-refractivity contribution is -0.143. The summed E-state index contributed by atoms with van der Waals surface area (Å²) in [6.07, 6.45) is 1.43. The van der Waals surface area contributed by atoms with Crippen LogP contribution in [0.25, 0.3) is 0 Å². The van der Waals surface area contributed by atoms with Crippen molar-refractivity contribution in [2.75, 3.05) is 13.2 Å². The van der Waals surface area contributed by atoms with Gasteiger partial charge in [0.25, 0.3) is 0 Å². The van der Waals surface area contributed by atoms with Crippen LogP contribution in [-0.4, -0.2) is 30.9 Å². The Balaban J connectivity index is 2.66. The minimum absolute atomic E-state index is 0.0858. The molecule has 0 spiro atoms. The summed E-state index contributed by atoms with van der Waals surface area (Å²) >= 11 is 0. The molecule has 112 valence electrons. The quantitative estimate of drug-likeness (QED) is 0.572. The zero-order chi connectivity index (χ0) is 15.7. The van der Waals surface area contributed by atoms with Crippen molar-refractivity contribution in [2.24, 2.45) is 0 Å². The summed E-state index contributed by atoms with van der Waals surface area (Å²) in [7, 11) is 0. The van der Waals surface area contributed by atoms with Crippen LogP contribution in [0.2, 0.25) is 0 Å². The maximum atomic E-state index is 12.1. The molecule has 0 bridgehead atoms. The molecule has 0 heterocycles. The Labute approximate surface area is 123 Å². The molecule has 0 aliphatic carbocycles. The molecule has 6 nitrogen and oxygen atoms in total. The molecule has 0 aliphatic rings. The molecule has 2 amide bonds. The van der Waals surface area contributed by atoms with Crippen LogP contribution in [0.4, 0.5) is 0 Å². The molecule has 0 radical (unpaired) electrons. The summed E-state index contributed by atoms with van der Waals surface area (Å²) in [6.45, 7) is 4.55. The third kappa shape index (κ3) is 5.90. The lowest BCUT2D eigenvalue weighted by atomic mass is 10.1. The lowest BCUT2D eigenvalue weighted by Crippen LogP contribution is -2.41. The van der Waals surface area contributed by atoms with Gasteiger partial charge in [-0.15, -0.1) is 0 Å². The second-order valence-corrected chi connectivity index (χ2v) is 4.23. The Morgan fingerprint density at radius 3 is 2.52 bits per heavy atom. The molecule has 2 N–H and O–H groups in total. The van der Waals surface area contributed by atoms with Gasteiger partial charge in [0, 0.05) is 6.92 Å². The summed E-state index contributed by atoms with van der Waals surface area (Å²) in [5.41, 5.74) is 0.629. The fourth-order valence-electron chi connectivity index (χ4n) is 1.61. The Hall–Kier alpha value is -2.63. The van der Waals surface area contributed by atoms with Crippen LogP contribution < -0.4 is 10.6 Å². The average molecular weight is 290 g/mol. The number of amides is 2. The van der Waals surface area contributed by atoms with Crippen LogP contribution in [-0.2, 0) is 19.1 Å². The summed E-state index contributed by atoms with van der Waals surface area (Å²) < 4.78 is 4.75. The number of hydrogen-bond donors (Lipinski definition) is 2. The minimum Gasteiger partial charge on any atom is -0.460 e. The van der Waals surface area contributed by atoms with E-state index < -0.39 is 17.9 Å². The first-order chi connectivity index (χ1) is 10.0. The number of carbonyl (C=O) groups is 3. The molecule has 0 fully saturated rings. The van der Waals surface area contributed by atoms with Gasteiger partial charge in [-0.25, -0.2) is 0 Å². The molecular weight excluding hydrogens is 272 g/mol. The number of nitrogens with one attached hydrogen (secondary N) is 2. The van der Waals surface area contributed by atoms with E-state index in [2.05, 4.69) is 17.2 Å². The first-order valence-corrected chi connectivity index (χ1v) is 6.41. The van der Waals surface area contributed by atoms with E-state index in [1.54, 1.807) is 30.3 Å². The van der Waals surface area contributed by atoms with E-state index >= 15 is 0 Å². The fraction of sp³-hybridized carbons (Fsp3) is 0.267. The molecule has 1 unspecified atom stereocenters. The van der Waals surface area contributed by atoms with Gasteiger partial charge in [-0.1, -0.05) is 43.0 Å². The molecule has 1 rings (SSSR count). The van der Waals surface area contributed by atoms with Gasteiger partial charge in [-0.3, -0.25) is 14.4 Å². The van der Waals surface area contributed by atoms with Crippen molar-refractivity contribution in [3.05, 3.63) is 48.6 Å². The molecule has 1 aromatic rings. The summed E-state index contributed by atoms with van der Waals surface area (Å²) in [4.78, 5) is 34.6. The highest BCUT2D eigenvalue weighted by Gasteiger charge is 2.21. The number of rotatable bonds is 7. The first kappa shape index (κ1) is 16.4. The van der Waals surface area contributed by atoms with Gasteiger partial charge in [0.05, 0.1) is 0 Å². The molecule has 1 aromatic carbocycles. The van der Waals surface area contributed by atoms with Crippen LogP contribution in [0.1, 0.15) is 18.5 Å². The van der Waals surface area contributed by atoms with Crippen LogP contribution in [0.15, 0.2) is 43.0 Å². The molecule has 0 saturated heterocycles. The van der Waals surface area contributed by atoms with E-state index in [0.717, 1.165) is 0 Å². The molecular formula is C15H18N2O4. The number of carbonyl (C=O) groups excluding carboxylic acids is 3. The van der Waals surface area contributed by atoms with E-state index in [9.17, 15) is 14.4 Å². The maximum Gasteiger partial charge on any atom is 0.325 e. The van der Waals surface area contributed by atoms with Gasteiger partial charge < -0.3 is 15.4 Å². The molecule has 6 heteroatoms. The first-order valence-electron chi connectivity index (χ1n) is 6.41. The molecule has 0 aliphatic heterocycles. The van der Waals surface area contributed by atoms with E-state index in [-0.39, 0.29) is 19.1 Å². The average Bonchev–Trinajstić information content (AvgIpc) is 2.48. The lowest BCUT2D eigenvalue weighted by Gasteiger charge is -2.17. The van der Waals surface area contributed by atoms with Gasteiger partial charge in [-0.05, 0) is 5.56 Å². The zero-order valence-electron chi connectivity index (χ0n) is 11.8. The number of esters is 1. The van der Waals surface area contributed by atoms with Crippen LogP contribution in [0.3, 0.4) is 0 Å². The molecule has 21 heavy (non-hydrogen) atoms. The predicted molar refractivity (Wildman–Crippen MR) is 77.2 cm³/mol. The third-order valence-corrected chi connectivity index (χ3v) is 2.51. The van der Waals surface area contributed by atoms with Crippen LogP contribution in [0, 0.1) is 0 Å². The monoisotopic (exact) mass is 290 g/mol. The van der Waals surface area contributed by atoms with Crippen molar-refractivity contribution >= 4 is 17.8 Å². The van der Waals surface area contributed by atoms with Crippen LogP contribution >= 0.6 is 0 Å². The molecule has 1 atom stereocenters. The van der Waals surface area contributed by atoms with E-state index in [0.29, 0.717) is 5.56 Å². The van der Waals surface area contributed by atoms with Crippen molar-refractivity contribution in [3.8, 4) is 0 Å². The van der Waals surface area contributed by atoms with Gasteiger partial charge >= 0.3 is 5.97 Å². The largest absolute Gasteiger partial charge is 0.460 e. The number of hydrogen-bond acceptors (Lipinski definition) is 4. The van der Waals surface area contributed by atoms with Crippen molar-refractivity contribution in [3.63, 3.8) is 0 Å². The normalized spacial score (nSPS) is 11.1. The van der Waals surface area contributed by atoms with Crippen LogP contribution in [0.5, 0.6) is 0 Å². The smallest absolute Gasteiger partial charge is 0.325 e. The highest BCUT2D eigenvalue weighted by atomic mass is 16.5. The van der Waals surface area contributed by atoms with E-state index in [1.807, 2.05) is 0 Å². The van der Waals surface area contributed by atoms with Crippen molar-refractivity contribution in [1.82, 2.24) is 10.6 Å². The highest BCUT2D eigenvalue weighted by Crippen LogP contribution is 2.12. The van der Waals surface area contributed by atoms with E-state index in [1.165, 1.54) is 13.0 Å². The number of ether oxygens (including phenoxy) is 1. The Kier molecular flexibility index (Phi) is 6.67. The zero-order valence-corrected chi connectivity index (χ0v) is 11.8. The molecule has 0 aromatic heterocycles. The standard InChI is InChI=1S/C15H18N2O4/c1-3-9-21-13(19)10-16-15(20)14(17-11(2)18)12-7-5-4-6-8-12/h3-8,14H,1,9-10H2,2H3,(H,16,20)(H,17,18). The Morgan fingerprint density at radius 1 is 1.29 bits per heavy atom. The predicted octanol–water partition coefficient (Wildman–Crippen LogP) is 0.709. The Morgan fingerprint density at radius 2 is 1.95 bits per heavy atom. The minimum atomic E-state index is -0.851. The molecule has 0 saturated carbocycles. The van der Waals surface area contributed by atoms with Crippen molar-refractivity contribution < 1.29 is 19.1 Å². The van der Waals surface area contributed by atoms with Gasteiger partial charge in [0.2, 0.25) is 11.8 Å². The van der Waals surface area contributed by atoms with Gasteiger partial charge in [0.15, 0.2) is 0 Å². The number of benzene rings is 1. The summed E-state index contributed by atoms with van der Waals surface area (Å²) in [5, 5.41) is 4.98. The van der Waals surface area contributed by atoms with Gasteiger partial charge in [0.1, 0.15) is 19.2 Å². The topological polar surface area (TPSA) is 84.5 Å². The Bertz CT molecular complexity index is 514. The van der Waals surface area contributed by atoms with Crippen molar-refractivity contribution in [2.45, 2.75) is 13.0 Å². The third-order valence-electron chi connectivity index (χ3n) is 2.51. The highest BCUT2D eigenvalue weighted by molar-refractivity contribution is 5.90. The second-order valence-electron chi connectivity index (χ2n) is 4.23. The van der Waals surface area contributed by atoms with E-state index in [4.69, 9.17) is 4.74 Å². The fourth-order valence-corrected chi connectivity index (χ4v) is 1.61. The second kappa shape index (κ2) is 8.52. The summed E-state index contributed by atoms with van der Waals surface area (Å²) in [6, 6.07) is 7.91. The maximum absolute atomic E-state index is 12.1. The summed E-state index contributed by atoms with van der Waals surface area (Å²) in [5.74, 6) is -1.39. The SMILES string of the molecule is C=CCOC(=O)CNC(=O)C(NC(C)=O)c1ccccc1.